The Morgan fingerprint density at radius 3 is 2.32 bits per heavy atom. The zero-order chi connectivity index (χ0) is 22.8. The lowest BCUT2D eigenvalue weighted by Gasteiger charge is -2.31. The maximum atomic E-state index is 13.0. The first kappa shape index (κ1) is 22.5. The van der Waals surface area contributed by atoms with E-state index in [-0.39, 0.29) is 18.4 Å². The normalized spacial score (nSPS) is 15.6. The molecule has 2 heterocycles. The minimum Gasteiger partial charge on any atom is -0.326 e. The molecule has 2 N–H and O–H groups in total. The highest BCUT2D eigenvalue weighted by molar-refractivity contribution is 5.94. The summed E-state index contributed by atoms with van der Waals surface area (Å²) in [4.78, 5) is 37.5. The maximum absolute atomic E-state index is 13.0. The number of benzene rings is 1. The van der Waals surface area contributed by atoms with Gasteiger partial charge in [0.25, 0.3) is 0 Å². The van der Waals surface area contributed by atoms with Gasteiger partial charge in [-0.05, 0) is 31.0 Å². The molecular formula is C19H23F3N6O3. The molecule has 1 saturated heterocycles. The van der Waals surface area contributed by atoms with E-state index in [1.54, 1.807) is 24.3 Å². The molecule has 0 spiro atoms. The molecule has 12 heteroatoms. The van der Waals surface area contributed by atoms with E-state index in [9.17, 15) is 27.6 Å². The van der Waals surface area contributed by atoms with Gasteiger partial charge >= 0.3 is 11.9 Å². The number of hydrogen-bond acceptors (Lipinski definition) is 5. The van der Waals surface area contributed by atoms with Crippen molar-refractivity contribution in [1.82, 2.24) is 19.2 Å². The molecule has 168 valence electrons. The lowest BCUT2D eigenvalue weighted by Crippen LogP contribution is -2.41. The van der Waals surface area contributed by atoms with Gasteiger partial charge in [-0.25, -0.2) is 9.48 Å². The number of amides is 2. The molecule has 0 atom stereocenters. The zero-order valence-electron chi connectivity index (χ0n) is 17.1. The first-order valence-corrected chi connectivity index (χ1v) is 9.67. The van der Waals surface area contributed by atoms with E-state index < -0.39 is 23.7 Å². The number of halogens is 3. The van der Waals surface area contributed by atoms with Crippen molar-refractivity contribution in [3.8, 4) is 0 Å². The third-order valence-electron chi connectivity index (χ3n) is 4.99. The lowest BCUT2D eigenvalue weighted by molar-refractivity contribution is -0.147. The smallest absolute Gasteiger partial charge is 0.326 e. The molecule has 0 aliphatic carbocycles. The minimum atomic E-state index is -4.70. The standard InChI is InChI=1S/C19H23F3N6O3/c1-12(29)23-13-4-3-5-14(10-13)24-16(30)11-27-8-6-15(7-9-27)28-18(31)26(2)17(25-28)19(20,21)22/h3-5,10,15H,6-9,11H2,1-2H3,(H,23,29)(H,24,30). The Balaban J connectivity index is 1.55. The van der Waals surface area contributed by atoms with Crippen molar-refractivity contribution < 1.29 is 22.8 Å². The molecule has 1 aromatic carbocycles. The van der Waals surface area contributed by atoms with Gasteiger partial charge in [0.2, 0.25) is 17.6 Å². The van der Waals surface area contributed by atoms with Crippen LogP contribution in [0.2, 0.25) is 0 Å². The van der Waals surface area contributed by atoms with Crippen molar-refractivity contribution in [2.75, 3.05) is 30.3 Å². The summed E-state index contributed by atoms with van der Waals surface area (Å²) in [6.07, 6.45) is -3.89. The molecule has 1 aliphatic rings. The van der Waals surface area contributed by atoms with Crippen LogP contribution in [-0.4, -0.2) is 50.7 Å². The van der Waals surface area contributed by atoms with Crippen molar-refractivity contribution in [2.45, 2.75) is 32.0 Å². The van der Waals surface area contributed by atoms with Crippen LogP contribution in [0.3, 0.4) is 0 Å². The Labute approximate surface area is 175 Å². The largest absolute Gasteiger partial charge is 0.451 e. The summed E-state index contributed by atoms with van der Waals surface area (Å²) in [5.41, 5.74) is 0.290. The van der Waals surface area contributed by atoms with E-state index in [1.165, 1.54) is 6.92 Å². The Morgan fingerprint density at radius 1 is 1.16 bits per heavy atom. The Bertz CT molecular complexity index is 1020. The molecule has 2 amide bonds. The number of nitrogens with one attached hydrogen (secondary N) is 2. The van der Waals surface area contributed by atoms with Crippen molar-refractivity contribution in [3.63, 3.8) is 0 Å². The molecule has 0 radical (unpaired) electrons. The van der Waals surface area contributed by atoms with Crippen LogP contribution in [0.5, 0.6) is 0 Å². The molecule has 9 nitrogen and oxygen atoms in total. The molecule has 1 aliphatic heterocycles. The molecule has 1 aromatic heterocycles. The maximum Gasteiger partial charge on any atom is 0.451 e. The highest BCUT2D eigenvalue weighted by Gasteiger charge is 2.39. The van der Waals surface area contributed by atoms with Crippen LogP contribution in [0.4, 0.5) is 24.5 Å². The van der Waals surface area contributed by atoms with E-state index in [2.05, 4.69) is 15.7 Å². The van der Waals surface area contributed by atoms with Gasteiger partial charge in [-0.3, -0.25) is 19.1 Å². The van der Waals surface area contributed by atoms with E-state index >= 15 is 0 Å². The second-order valence-electron chi connectivity index (χ2n) is 7.43. The summed E-state index contributed by atoms with van der Waals surface area (Å²) in [6, 6.07) is 6.28. The predicted octanol–water partition coefficient (Wildman–Crippen LogP) is 1.83. The highest BCUT2D eigenvalue weighted by Crippen LogP contribution is 2.28. The molecular weight excluding hydrogens is 417 g/mol. The average Bonchev–Trinajstić information content (AvgIpc) is 2.97. The van der Waals surface area contributed by atoms with Crippen molar-refractivity contribution in [1.29, 1.82) is 0 Å². The number of alkyl halides is 3. The van der Waals surface area contributed by atoms with Gasteiger partial charge in [-0.2, -0.15) is 13.2 Å². The number of rotatable bonds is 5. The van der Waals surface area contributed by atoms with Crippen LogP contribution in [0.1, 0.15) is 31.6 Å². The van der Waals surface area contributed by atoms with E-state index in [0.717, 1.165) is 11.7 Å². The number of nitrogens with zero attached hydrogens (tertiary/aromatic N) is 4. The van der Waals surface area contributed by atoms with Gasteiger partial charge in [0.1, 0.15) is 0 Å². The Morgan fingerprint density at radius 2 is 1.77 bits per heavy atom. The summed E-state index contributed by atoms with van der Waals surface area (Å²) in [7, 11) is 1.05. The Hall–Kier alpha value is -3.15. The van der Waals surface area contributed by atoms with Gasteiger partial charge in [-0.15, -0.1) is 5.10 Å². The van der Waals surface area contributed by atoms with E-state index in [1.807, 2.05) is 4.90 Å². The summed E-state index contributed by atoms with van der Waals surface area (Å²) in [5, 5.41) is 8.88. The number of carbonyl (C=O) groups excluding carboxylic acids is 2. The summed E-state index contributed by atoms with van der Waals surface area (Å²) >= 11 is 0. The molecule has 1 fully saturated rings. The van der Waals surface area contributed by atoms with Gasteiger partial charge in [0, 0.05) is 38.4 Å². The monoisotopic (exact) mass is 440 g/mol. The van der Waals surface area contributed by atoms with Crippen LogP contribution in [0.25, 0.3) is 0 Å². The van der Waals surface area contributed by atoms with E-state index in [0.29, 0.717) is 41.9 Å². The van der Waals surface area contributed by atoms with Gasteiger partial charge in [0.15, 0.2) is 0 Å². The number of anilines is 2. The van der Waals surface area contributed by atoms with Crippen LogP contribution in [0.15, 0.2) is 29.1 Å². The van der Waals surface area contributed by atoms with Crippen LogP contribution in [0, 0.1) is 0 Å². The van der Waals surface area contributed by atoms with Gasteiger partial charge in [0.05, 0.1) is 12.6 Å². The molecule has 2 aromatic rings. The third kappa shape index (κ3) is 5.51. The molecule has 0 saturated carbocycles. The van der Waals surface area contributed by atoms with Gasteiger partial charge in [-0.1, -0.05) is 6.07 Å². The Kier molecular flexibility index (Phi) is 6.48. The second kappa shape index (κ2) is 8.92. The minimum absolute atomic E-state index is 0.0992. The third-order valence-corrected chi connectivity index (χ3v) is 4.99. The SMILES string of the molecule is CC(=O)Nc1cccc(NC(=O)CN2CCC(n3nc(C(F)(F)F)n(C)c3=O)CC2)c1. The van der Waals surface area contributed by atoms with Crippen LogP contribution >= 0.6 is 0 Å². The quantitative estimate of drug-likeness (QED) is 0.739. The number of hydrogen-bond donors (Lipinski definition) is 2. The number of likely N-dealkylation sites (tertiary alicyclic amines) is 1. The fraction of sp³-hybridized carbons (Fsp3) is 0.474. The topological polar surface area (TPSA) is 101 Å². The number of aromatic nitrogens is 3. The summed E-state index contributed by atoms with van der Waals surface area (Å²) < 4.78 is 40.3. The van der Waals surface area contributed by atoms with Crippen molar-refractivity contribution >= 4 is 23.2 Å². The number of carbonyl (C=O) groups is 2. The van der Waals surface area contributed by atoms with Crippen molar-refractivity contribution in [2.24, 2.45) is 7.05 Å². The summed E-state index contributed by atoms with van der Waals surface area (Å²) in [6.45, 7) is 2.36. The number of piperidine rings is 1. The first-order valence-electron chi connectivity index (χ1n) is 9.67. The molecule has 0 unspecified atom stereocenters. The summed E-state index contributed by atoms with van der Waals surface area (Å²) in [5.74, 6) is -1.70. The first-order chi connectivity index (χ1) is 14.5. The fourth-order valence-electron chi connectivity index (χ4n) is 3.54. The molecule has 0 bridgehead atoms. The second-order valence-corrected chi connectivity index (χ2v) is 7.43. The molecule has 31 heavy (non-hydrogen) atoms. The zero-order valence-corrected chi connectivity index (χ0v) is 17.1. The lowest BCUT2D eigenvalue weighted by atomic mass is 10.1. The highest BCUT2D eigenvalue weighted by atomic mass is 19.4. The average molecular weight is 440 g/mol. The van der Waals surface area contributed by atoms with Crippen LogP contribution in [-0.2, 0) is 22.8 Å². The van der Waals surface area contributed by atoms with E-state index in [4.69, 9.17) is 0 Å². The predicted molar refractivity (Wildman–Crippen MR) is 107 cm³/mol. The van der Waals surface area contributed by atoms with Crippen molar-refractivity contribution in [3.05, 3.63) is 40.6 Å². The fourth-order valence-corrected chi connectivity index (χ4v) is 3.54. The van der Waals surface area contributed by atoms with Gasteiger partial charge < -0.3 is 10.6 Å². The molecule has 3 rings (SSSR count). The van der Waals surface area contributed by atoms with Crippen LogP contribution < -0.4 is 16.3 Å².